The van der Waals surface area contributed by atoms with Crippen LogP contribution in [0.1, 0.15) is 6.42 Å². The molecule has 0 bridgehead atoms. The molecule has 0 saturated carbocycles. The molecule has 3 nitrogen and oxygen atoms in total. The molecular formula is C10H10ClNO2S. The Morgan fingerprint density at radius 2 is 2.00 bits per heavy atom. The van der Waals surface area contributed by atoms with Crippen LogP contribution in [0.3, 0.4) is 0 Å². The van der Waals surface area contributed by atoms with Gasteiger partial charge in [0.15, 0.2) is 9.84 Å². The summed E-state index contributed by atoms with van der Waals surface area (Å²) < 4.78 is 22.3. The molecule has 2 rings (SSSR count). The minimum absolute atomic E-state index is 0.180. The lowest BCUT2D eigenvalue weighted by atomic mass is 10.3. The van der Waals surface area contributed by atoms with Gasteiger partial charge >= 0.3 is 0 Å². The molecule has 1 aliphatic heterocycles. The van der Waals surface area contributed by atoms with Crippen LogP contribution < -0.4 is 5.32 Å². The third-order valence-corrected chi connectivity index (χ3v) is 3.89. The van der Waals surface area contributed by atoms with Crippen molar-refractivity contribution in [2.75, 3.05) is 11.1 Å². The summed E-state index contributed by atoms with van der Waals surface area (Å²) in [6.45, 7) is 0. The van der Waals surface area contributed by atoms with E-state index < -0.39 is 9.84 Å². The van der Waals surface area contributed by atoms with Gasteiger partial charge in [-0.3, -0.25) is 0 Å². The summed E-state index contributed by atoms with van der Waals surface area (Å²) in [5, 5.41) is 4.87. The molecule has 0 atom stereocenters. The molecule has 0 amide bonds. The smallest absolute Gasteiger partial charge is 0.173 e. The fraction of sp³-hybridized carbons (Fsp3) is 0.200. The van der Waals surface area contributed by atoms with Crippen molar-refractivity contribution in [3.05, 3.63) is 40.4 Å². The molecule has 1 heterocycles. The number of hydrogen-bond acceptors (Lipinski definition) is 3. The topological polar surface area (TPSA) is 46.2 Å². The number of allylic oxidation sites excluding steroid dienone is 1. The van der Waals surface area contributed by atoms with E-state index in [0.29, 0.717) is 17.1 Å². The molecule has 15 heavy (non-hydrogen) atoms. The Bertz CT molecular complexity index is 508. The Morgan fingerprint density at radius 3 is 2.60 bits per heavy atom. The summed E-state index contributed by atoms with van der Waals surface area (Å²) in [5.74, 6) is 0.180. The molecule has 1 N–H and O–H groups in total. The van der Waals surface area contributed by atoms with E-state index >= 15 is 0 Å². The van der Waals surface area contributed by atoms with Crippen LogP contribution in [0.25, 0.3) is 0 Å². The number of para-hydroxylation sites is 1. The van der Waals surface area contributed by atoms with Crippen molar-refractivity contribution in [3.8, 4) is 0 Å². The lowest BCUT2D eigenvalue weighted by molar-refractivity contribution is 0.606. The van der Waals surface area contributed by atoms with E-state index in [4.69, 9.17) is 11.6 Å². The predicted octanol–water partition coefficient (Wildman–Crippen LogP) is 2.41. The van der Waals surface area contributed by atoms with E-state index in [1.54, 1.807) is 6.07 Å². The number of hydrogen-bond donors (Lipinski definition) is 1. The predicted molar refractivity (Wildman–Crippen MR) is 61.6 cm³/mol. The molecule has 0 aliphatic carbocycles. The van der Waals surface area contributed by atoms with Gasteiger partial charge in [0.05, 0.1) is 16.5 Å². The van der Waals surface area contributed by atoms with E-state index in [-0.39, 0.29) is 5.75 Å². The van der Waals surface area contributed by atoms with Crippen molar-refractivity contribution >= 4 is 27.1 Å². The first-order valence-corrected chi connectivity index (χ1v) is 6.61. The monoisotopic (exact) mass is 243 g/mol. The molecule has 80 valence electrons. The van der Waals surface area contributed by atoms with E-state index in [1.807, 2.05) is 18.2 Å². The van der Waals surface area contributed by atoms with Gasteiger partial charge in [-0.25, -0.2) is 8.42 Å². The lowest BCUT2D eigenvalue weighted by Gasteiger charge is -2.07. The van der Waals surface area contributed by atoms with Crippen molar-refractivity contribution in [2.24, 2.45) is 0 Å². The van der Waals surface area contributed by atoms with Crippen molar-refractivity contribution in [3.63, 3.8) is 0 Å². The van der Waals surface area contributed by atoms with Gasteiger partial charge in [-0.2, -0.15) is 0 Å². The molecule has 0 radical (unpaired) electrons. The average Bonchev–Trinajstić information content (AvgIpc) is 2.50. The van der Waals surface area contributed by atoms with Gasteiger partial charge < -0.3 is 5.32 Å². The van der Waals surface area contributed by atoms with Crippen LogP contribution in [0, 0.1) is 0 Å². The number of benzene rings is 1. The van der Waals surface area contributed by atoms with Crippen molar-refractivity contribution in [2.45, 2.75) is 6.42 Å². The van der Waals surface area contributed by atoms with Crippen LogP contribution in [0.5, 0.6) is 0 Å². The third-order valence-electron chi connectivity index (χ3n) is 2.15. The minimum atomic E-state index is -3.00. The Kier molecular flexibility index (Phi) is 2.71. The van der Waals surface area contributed by atoms with Crippen molar-refractivity contribution in [1.82, 2.24) is 0 Å². The highest BCUT2D eigenvalue weighted by Crippen LogP contribution is 2.25. The zero-order chi connectivity index (χ0) is 10.9. The summed E-state index contributed by atoms with van der Waals surface area (Å²) in [4.78, 5) is 0. The highest BCUT2D eigenvalue weighted by molar-refractivity contribution is 7.94. The molecule has 1 aromatic carbocycles. The first kappa shape index (κ1) is 10.5. The lowest BCUT2D eigenvalue weighted by Crippen LogP contribution is -1.97. The van der Waals surface area contributed by atoms with Gasteiger partial charge in [0, 0.05) is 17.5 Å². The van der Waals surface area contributed by atoms with Crippen molar-refractivity contribution < 1.29 is 8.42 Å². The molecule has 0 saturated heterocycles. The average molecular weight is 244 g/mol. The summed E-state index contributed by atoms with van der Waals surface area (Å²) in [7, 11) is -3.00. The van der Waals surface area contributed by atoms with E-state index in [2.05, 4.69) is 5.32 Å². The maximum absolute atomic E-state index is 11.2. The standard InChI is InChI=1S/C10H10ClNO2S/c11-9-3-1-2-4-10(9)12-8-5-6-15(13,14)7-8/h1-4,7,12H,5-6H2. The highest BCUT2D eigenvalue weighted by atomic mass is 35.5. The largest absolute Gasteiger partial charge is 0.357 e. The molecule has 5 heteroatoms. The van der Waals surface area contributed by atoms with Crippen LogP contribution in [-0.4, -0.2) is 14.2 Å². The normalized spacial score (nSPS) is 18.6. The minimum Gasteiger partial charge on any atom is -0.357 e. The molecule has 0 fully saturated rings. The Morgan fingerprint density at radius 1 is 1.27 bits per heavy atom. The van der Waals surface area contributed by atoms with Crippen LogP contribution in [-0.2, 0) is 9.84 Å². The fourth-order valence-electron chi connectivity index (χ4n) is 1.41. The summed E-state index contributed by atoms with van der Waals surface area (Å²) in [6, 6.07) is 7.24. The summed E-state index contributed by atoms with van der Waals surface area (Å²) >= 11 is 5.93. The molecule has 1 aromatic rings. The third kappa shape index (κ3) is 2.52. The summed E-state index contributed by atoms with van der Waals surface area (Å²) in [5.41, 5.74) is 1.44. The quantitative estimate of drug-likeness (QED) is 0.868. The van der Waals surface area contributed by atoms with Crippen LogP contribution in [0.4, 0.5) is 5.69 Å². The number of halogens is 1. The van der Waals surface area contributed by atoms with Crippen LogP contribution in [0.2, 0.25) is 5.02 Å². The van der Waals surface area contributed by atoms with Gasteiger partial charge in [0.25, 0.3) is 0 Å². The second-order valence-corrected chi connectivity index (χ2v) is 5.74. The molecule has 1 aliphatic rings. The maximum Gasteiger partial charge on any atom is 0.173 e. The van der Waals surface area contributed by atoms with Crippen LogP contribution >= 0.6 is 11.6 Å². The second-order valence-electron chi connectivity index (χ2n) is 3.36. The Balaban J connectivity index is 2.21. The highest BCUT2D eigenvalue weighted by Gasteiger charge is 2.18. The van der Waals surface area contributed by atoms with Gasteiger partial charge in [0.1, 0.15) is 0 Å². The fourth-order valence-corrected chi connectivity index (χ4v) is 2.83. The Hall–Kier alpha value is -1.00. The van der Waals surface area contributed by atoms with E-state index in [1.165, 1.54) is 5.41 Å². The van der Waals surface area contributed by atoms with Gasteiger partial charge in [0.2, 0.25) is 0 Å². The maximum atomic E-state index is 11.2. The van der Waals surface area contributed by atoms with Gasteiger partial charge in [-0.05, 0) is 12.1 Å². The number of anilines is 1. The number of rotatable bonds is 2. The Labute approximate surface area is 93.7 Å². The zero-order valence-electron chi connectivity index (χ0n) is 7.90. The second kappa shape index (κ2) is 3.87. The number of sulfone groups is 1. The van der Waals surface area contributed by atoms with E-state index in [0.717, 1.165) is 5.69 Å². The van der Waals surface area contributed by atoms with Gasteiger partial charge in [-0.1, -0.05) is 23.7 Å². The first-order valence-electron chi connectivity index (χ1n) is 4.52. The van der Waals surface area contributed by atoms with Crippen LogP contribution in [0.15, 0.2) is 35.4 Å². The molecule has 0 aromatic heterocycles. The first-order chi connectivity index (χ1) is 7.07. The molecule has 0 unspecified atom stereocenters. The van der Waals surface area contributed by atoms with Crippen molar-refractivity contribution in [1.29, 1.82) is 0 Å². The SMILES string of the molecule is O=S1(=O)C=C(Nc2ccccc2Cl)CC1. The molecular weight excluding hydrogens is 234 g/mol. The summed E-state index contributed by atoms with van der Waals surface area (Å²) in [6.07, 6.45) is 0.521. The molecule has 0 spiro atoms. The van der Waals surface area contributed by atoms with E-state index in [9.17, 15) is 8.42 Å². The van der Waals surface area contributed by atoms with Gasteiger partial charge in [-0.15, -0.1) is 0 Å². The number of nitrogens with one attached hydrogen (secondary N) is 1. The zero-order valence-corrected chi connectivity index (χ0v) is 9.48.